The Morgan fingerprint density at radius 2 is 1.77 bits per heavy atom. The Bertz CT molecular complexity index is 849. The van der Waals surface area contributed by atoms with Crippen LogP contribution in [0.2, 0.25) is 0 Å². The molecule has 0 saturated heterocycles. The molecule has 110 valence electrons. The number of Topliss-reactive ketones (excluding diaryl/α,β-unsaturated/α-hetero) is 1. The van der Waals surface area contributed by atoms with Crippen molar-refractivity contribution in [2.24, 2.45) is 0 Å². The fourth-order valence-electron chi connectivity index (χ4n) is 2.54. The molecule has 0 aliphatic rings. The molecule has 0 unspecified atom stereocenters. The number of hydrogen-bond acceptors (Lipinski definition) is 2. The van der Waals surface area contributed by atoms with Gasteiger partial charge < -0.3 is 10.3 Å². The monoisotopic (exact) mass is 292 g/mol. The second kappa shape index (κ2) is 5.85. The number of benzene rings is 2. The largest absolute Gasteiger partial charge is 0.361 e. The third kappa shape index (κ3) is 2.76. The molecule has 0 aliphatic heterocycles. The van der Waals surface area contributed by atoms with Crippen molar-refractivity contribution in [3.05, 3.63) is 65.9 Å². The summed E-state index contributed by atoms with van der Waals surface area (Å²) >= 11 is 0. The maximum absolute atomic E-state index is 12.3. The lowest BCUT2D eigenvalue weighted by atomic mass is 10.1. The van der Waals surface area contributed by atoms with Crippen LogP contribution in [0.25, 0.3) is 10.9 Å². The van der Waals surface area contributed by atoms with Crippen LogP contribution in [0.5, 0.6) is 0 Å². The normalized spacial score (nSPS) is 10.6. The number of carbonyl (C=O) groups excluding carboxylic acids is 2. The molecule has 3 rings (SSSR count). The molecule has 0 saturated carbocycles. The van der Waals surface area contributed by atoms with E-state index >= 15 is 0 Å². The Morgan fingerprint density at radius 3 is 2.59 bits per heavy atom. The van der Waals surface area contributed by atoms with Crippen molar-refractivity contribution in [2.45, 2.75) is 13.3 Å². The summed E-state index contributed by atoms with van der Waals surface area (Å²) in [7, 11) is 0. The minimum absolute atomic E-state index is 0.0667. The van der Waals surface area contributed by atoms with Crippen LogP contribution in [0.4, 0.5) is 5.69 Å². The van der Waals surface area contributed by atoms with Gasteiger partial charge in [-0.05, 0) is 30.7 Å². The number of fused-ring (bicyclic) bond motifs is 1. The van der Waals surface area contributed by atoms with Crippen LogP contribution < -0.4 is 5.32 Å². The number of carbonyl (C=O) groups is 2. The Morgan fingerprint density at radius 1 is 1.05 bits per heavy atom. The van der Waals surface area contributed by atoms with Gasteiger partial charge in [0, 0.05) is 22.7 Å². The molecule has 2 aromatic carbocycles. The molecule has 0 fully saturated rings. The summed E-state index contributed by atoms with van der Waals surface area (Å²) in [6.07, 6.45) is 2.11. The van der Waals surface area contributed by atoms with Crippen molar-refractivity contribution < 1.29 is 9.59 Å². The lowest BCUT2D eigenvalue weighted by molar-refractivity contribution is -0.115. The quantitative estimate of drug-likeness (QED) is 0.722. The zero-order valence-corrected chi connectivity index (χ0v) is 12.2. The highest BCUT2D eigenvalue weighted by atomic mass is 16.1. The van der Waals surface area contributed by atoms with Crippen LogP contribution >= 0.6 is 0 Å². The summed E-state index contributed by atoms with van der Waals surface area (Å²) in [4.78, 5) is 27.0. The SMILES string of the molecule is CC(=O)c1ccccc1NC(=O)Cc1c[nH]c2ccccc12. The molecule has 22 heavy (non-hydrogen) atoms. The average molecular weight is 292 g/mol. The van der Waals surface area contributed by atoms with E-state index in [0.29, 0.717) is 11.3 Å². The van der Waals surface area contributed by atoms with Gasteiger partial charge in [-0.25, -0.2) is 0 Å². The maximum atomic E-state index is 12.3. The van der Waals surface area contributed by atoms with E-state index in [0.717, 1.165) is 16.5 Å². The maximum Gasteiger partial charge on any atom is 0.228 e. The van der Waals surface area contributed by atoms with Gasteiger partial charge in [-0.2, -0.15) is 0 Å². The first-order valence-corrected chi connectivity index (χ1v) is 7.10. The number of amides is 1. The van der Waals surface area contributed by atoms with E-state index in [9.17, 15) is 9.59 Å². The molecule has 2 N–H and O–H groups in total. The first-order chi connectivity index (χ1) is 10.6. The Hall–Kier alpha value is -2.88. The Balaban J connectivity index is 1.80. The molecule has 4 nitrogen and oxygen atoms in total. The lowest BCUT2D eigenvalue weighted by Gasteiger charge is -2.08. The van der Waals surface area contributed by atoms with Crippen LogP contribution in [0.15, 0.2) is 54.7 Å². The number of ketones is 1. The number of aromatic amines is 1. The van der Waals surface area contributed by atoms with Crippen LogP contribution in [-0.2, 0) is 11.2 Å². The van der Waals surface area contributed by atoms with Gasteiger partial charge in [0.25, 0.3) is 0 Å². The van der Waals surface area contributed by atoms with Gasteiger partial charge in [-0.3, -0.25) is 9.59 Å². The highest BCUT2D eigenvalue weighted by Crippen LogP contribution is 2.20. The van der Waals surface area contributed by atoms with Gasteiger partial charge in [0.2, 0.25) is 5.91 Å². The van der Waals surface area contributed by atoms with E-state index in [2.05, 4.69) is 10.3 Å². The molecule has 0 atom stereocenters. The van der Waals surface area contributed by atoms with Crippen molar-refractivity contribution >= 4 is 28.3 Å². The second-order valence-corrected chi connectivity index (χ2v) is 5.19. The fourth-order valence-corrected chi connectivity index (χ4v) is 2.54. The van der Waals surface area contributed by atoms with Gasteiger partial charge in [0.1, 0.15) is 0 Å². The predicted molar refractivity (Wildman–Crippen MR) is 87.1 cm³/mol. The van der Waals surface area contributed by atoms with Gasteiger partial charge in [-0.15, -0.1) is 0 Å². The van der Waals surface area contributed by atoms with E-state index in [1.807, 2.05) is 30.5 Å². The number of para-hydroxylation sites is 2. The summed E-state index contributed by atoms with van der Waals surface area (Å²) in [6, 6.07) is 14.9. The zero-order valence-electron chi connectivity index (χ0n) is 12.2. The number of aromatic nitrogens is 1. The highest BCUT2D eigenvalue weighted by Gasteiger charge is 2.12. The molecule has 0 bridgehead atoms. The summed E-state index contributed by atoms with van der Waals surface area (Å²) in [6.45, 7) is 1.49. The van der Waals surface area contributed by atoms with E-state index in [1.54, 1.807) is 24.3 Å². The summed E-state index contributed by atoms with van der Waals surface area (Å²) in [5, 5.41) is 3.86. The molecule has 1 heterocycles. The molecule has 0 aliphatic carbocycles. The number of rotatable bonds is 4. The van der Waals surface area contributed by atoms with Crippen LogP contribution in [0.1, 0.15) is 22.8 Å². The molecule has 1 aromatic heterocycles. The third-order valence-corrected chi connectivity index (χ3v) is 3.61. The van der Waals surface area contributed by atoms with Crippen molar-refractivity contribution in [3.8, 4) is 0 Å². The van der Waals surface area contributed by atoms with Gasteiger partial charge in [0.05, 0.1) is 12.1 Å². The standard InChI is InChI=1S/C18H16N2O2/c1-12(21)14-6-2-5-9-17(14)20-18(22)10-13-11-19-16-8-4-3-7-15(13)16/h2-9,11,19H,10H2,1H3,(H,20,22). The van der Waals surface area contributed by atoms with Gasteiger partial charge in [0.15, 0.2) is 5.78 Å². The number of hydrogen-bond donors (Lipinski definition) is 2. The molecular formula is C18H16N2O2. The molecule has 3 aromatic rings. The Labute approximate surface area is 128 Å². The van der Waals surface area contributed by atoms with Crippen molar-refractivity contribution in [1.29, 1.82) is 0 Å². The van der Waals surface area contributed by atoms with E-state index in [4.69, 9.17) is 0 Å². The zero-order chi connectivity index (χ0) is 15.5. The first kappa shape index (κ1) is 14.1. The van der Waals surface area contributed by atoms with Crippen molar-refractivity contribution in [1.82, 2.24) is 4.98 Å². The van der Waals surface area contributed by atoms with E-state index < -0.39 is 0 Å². The van der Waals surface area contributed by atoms with Crippen molar-refractivity contribution in [2.75, 3.05) is 5.32 Å². The molecular weight excluding hydrogens is 276 g/mol. The van der Waals surface area contributed by atoms with Crippen LogP contribution in [0, 0.1) is 0 Å². The average Bonchev–Trinajstić information content (AvgIpc) is 2.91. The number of H-pyrrole nitrogens is 1. The summed E-state index contributed by atoms with van der Waals surface area (Å²) < 4.78 is 0. The number of anilines is 1. The first-order valence-electron chi connectivity index (χ1n) is 7.10. The molecule has 0 radical (unpaired) electrons. The smallest absolute Gasteiger partial charge is 0.228 e. The topological polar surface area (TPSA) is 62.0 Å². The summed E-state index contributed by atoms with van der Waals surface area (Å²) in [5.41, 5.74) is 3.03. The van der Waals surface area contributed by atoms with Crippen LogP contribution in [-0.4, -0.2) is 16.7 Å². The van der Waals surface area contributed by atoms with E-state index in [-0.39, 0.29) is 18.1 Å². The minimum atomic E-state index is -0.140. The van der Waals surface area contributed by atoms with Gasteiger partial charge >= 0.3 is 0 Å². The van der Waals surface area contributed by atoms with E-state index in [1.165, 1.54) is 6.92 Å². The lowest BCUT2D eigenvalue weighted by Crippen LogP contribution is -2.16. The Kier molecular flexibility index (Phi) is 3.74. The fraction of sp³-hybridized carbons (Fsp3) is 0.111. The number of nitrogens with one attached hydrogen (secondary N) is 2. The molecule has 4 heteroatoms. The predicted octanol–water partition coefficient (Wildman–Crippen LogP) is 3.55. The molecule has 0 spiro atoms. The van der Waals surface area contributed by atoms with Crippen molar-refractivity contribution in [3.63, 3.8) is 0 Å². The third-order valence-electron chi connectivity index (χ3n) is 3.61. The van der Waals surface area contributed by atoms with Crippen LogP contribution in [0.3, 0.4) is 0 Å². The molecule has 1 amide bonds. The second-order valence-electron chi connectivity index (χ2n) is 5.19. The van der Waals surface area contributed by atoms with Gasteiger partial charge in [-0.1, -0.05) is 30.3 Å². The minimum Gasteiger partial charge on any atom is -0.361 e. The summed E-state index contributed by atoms with van der Waals surface area (Å²) in [5.74, 6) is -0.207. The highest BCUT2D eigenvalue weighted by molar-refractivity contribution is 6.04.